The fourth-order valence-electron chi connectivity index (χ4n) is 1.86. The quantitative estimate of drug-likeness (QED) is 0.398. The van der Waals surface area contributed by atoms with Gasteiger partial charge in [-0.15, -0.1) is 11.8 Å². The summed E-state index contributed by atoms with van der Waals surface area (Å²) >= 11 is 3.24. The van der Waals surface area contributed by atoms with Crippen LogP contribution in [0.3, 0.4) is 0 Å². The van der Waals surface area contributed by atoms with Gasteiger partial charge in [-0.2, -0.15) is 5.26 Å². The molecule has 0 saturated carbocycles. The van der Waals surface area contributed by atoms with Gasteiger partial charge >= 0.3 is 0 Å². The molecule has 1 rings (SSSR count). The second-order valence-corrected chi connectivity index (χ2v) is 6.05. The van der Waals surface area contributed by atoms with Crippen molar-refractivity contribution >= 4 is 23.5 Å². The van der Waals surface area contributed by atoms with Crippen molar-refractivity contribution in [2.24, 2.45) is 0 Å². The lowest BCUT2D eigenvalue weighted by atomic mass is 9.94. The lowest BCUT2D eigenvalue weighted by Crippen LogP contribution is -1.98. The first kappa shape index (κ1) is 14.5. The highest BCUT2D eigenvalue weighted by molar-refractivity contribution is 8.03. The van der Waals surface area contributed by atoms with E-state index in [-0.39, 0.29) is 0 Å². The third-order valence-electron chi connectivity index (χ3n) is 2.79. The molecule has 0 radical (unpaired) electrons. The van der Waals surface area contributed by atoms with Crippen LogP contribution in [0.1, 0.15) is 38.2 Å². The van der Waals surface area contributed by atoms with E-state index in [0.717, 1.165) is 24.3 Å². The number of thioether (sulfide) groups is 2. The Morgan fingerprint density at radius 1 is 1.24 bits per heavy atom. The van der Waals surface area contributed by atoms with E-state index in [1.165, 1.54) is 22.2 Å². The van der Waals surface area contributed by atoms with Crippen molar-refractivity contribution in [3.63, 3.8) is 0 Å². The SMILES string of the molecule is CCSc1ccc(C(CC)CCSC#N)cc1. The summed E-state index contributed by atoms with van der Waals surface area (Å²) in [5, 5.41) is 10.7. The van der Waals surface area contributed by atoms with Crippen LogP contribution in [0.15, 0.2) is 29.2 Å². The molecule has 1 aromatic rings. The molecule has 0 aliphatic carbocycles. The Balaban J connectivity index is 2.59. The van der Waals surface area contributed by atoms with E-state index in [1.807, 2.05) is 11.8 Å². The summed E-state index contributed by atoms with van der Waals surface area (Å²) < 4.78 is 0. The summed E-state index contributed by atoms with van der Waals surface area (Å²) in [4.78, 5) is 1.34. The van der Waals surface area contributed by atoms with Crippen LogP contribution >= 0.6 is 23.5 Å². The van der Waals surface area contributed by atoms with Gasteiger partial charge in [0.05, 0.1) is 0 Å². The maximum absolute atomic E-state index is 8.53. The smallest absolute Gasteiger partial charge is 0.133 e. The molecule has 0 saturated heterocycles. The standard InChI is InChI=1S/C14H19NS2/c1-3-12(9-10-16-11-15)13-5-7-14(8-6-13)17-4-2/h5-8,12H,3-4,9-10H2,1-2H3. The van der Waals surface area contributed by atoms with Gasteiger partial charge in [0.1, 0.15) is 5.40 Å². The van der Waals surface area contributed by atoms with E-state index < -0.39 is 0 Å². The second kappa shape index (κ2) is 8.49. The van der Waals surface area contributed by atoms with Crippen molar-refractivity contribution in [1.29, 1.82) is 5.26 Å². The fraction of sp³-hybridized carbons (Fsp3) is 0.500. The Morgan fingerprint density at radius 2 is 1.94 bits per heavy atom. The molecule has 92 valence electrons. The molecule has 3 heteroatoms. The highest BCUT2D eigenvalue weighted by atomic mass is 32.2. The summed E-state index contributed by atoms with van der Waals surface area (Å²) in [6.45, 7) is 4.39. The second-order valence-electron chi connectivity index (χ2n) is 3.84. The molecule has 0 fully saturated rings. The molecule has 17 heavy (non-hydrogen) atoms. The van der Waals surface area contributed by atoms with Crippen molar-refractivity contribution < 1.29 is 0 Å². The van der Waals surface area contributed by atoms with Crippen molar-refractivity contribution in [2.45, 2.75) is 37.5 Å². The van der Waals surface area contributed by atoms with Crippen molar-refractivity contribution in [1.82, 2.24) is 0 Å². The minimum absolute atomic E-state index is 0.594. The zero-order valence-corrected chi connectivity index (χ0v) is 12.1. The van der Waals surface area contributed by atoms with Crippen LogP contribution in [0, 0.1) is 10.7 Å². The lowest BCUT2D eigenvalue weighted by molar-refractivity contribution is 0.647. The normalized spacial score (nSPS) is 12.1. The third-order valence-corrected chi connectivity index (χ3v) is 4.25. The molecule has 0 aromatic heterocycles. The number of nitriles is 1. The average Bonchev–Trinajstić information content (AvgIpc) is 2.36. The summed E-state index contributed by atoms with van der Waals surface area (Å²) in [6.07, 6.45) is 2.24. The van der Waals surface area contributed by atoms with E-state index in [1.54, 1.807) is 0 Å². The van der Waals surface area contributed by atoms with Crippen molar-refractivity contribution in [3.8, 4) is 5.40 Å². The first-order valence-corrected chi connectivity index (χ1v) is 8.02. The Labute approximate surface area is 113 Å². The number of thiocyanates is 1. The molecule has 1 atom stereocenters. The summed E-state index contributed by atoms with van der Waals surface area (Å²) in [6, 6.07) is 8.90. The first-order valence-electron chi connectivity index (χ1n) is 6.05. The topological polar surface area (TPSA) is 23.8 Å². The molecule has 0 bridgehead atoms. The lowest BCUT2D eigenvalue weighted by Gasteiger charge is -2.14. The van der Waals surface area contributed by atoms with E-state index >= 15 is 0 Å². The molecule has 0 aliphatic heterocycles. The van der Waals surface area contributed by atoms with Gasteiger partial charge in [0.15, 0.2) is 0 Å². The molecule has 0 amide bonds. The average molecular weight is 265 g/mol. The van der Waals surface area contributed by atoms with Gasteiger partial charge in [-0.05, 0) is 54.0 Å². The maximum atomic E-state index is 8.53. The highest BCUT2D eigenvalue weighted by Crippen LogP contribution is 2.27. The molecule has 1 unspecified atom stereocenters. The Hall–Kier alpha value is -0.590. The minimum atomic E-state index is 0.594. The predicted octanol–water partition coefficient (Wildman–Crippen LogP) is 4.90. The van der Waals surface area contributed by atoms with E-state index in [4.69, 9.17) is 5.26 Å². The van der Waals surface area contributed by atoms with Crippen LogP contribution in [-0.2, 0) is 0 Å². The summed E-state index contributed by atoms with van der Waals surface area (Å²) in [5.74, 6) is 2.65. The van der Waals surface area contributed by atoms with Crippen LogP contribution < -0.4 is 0 Å². The Kier molecular flexibility index (Phi) is 7.23. The van der Waals surface area contributed by atoms with Gasteiger partial charge in [-0.25, -0.2) is 0 Å². The van der Waals surface area contributed by atoms with Gasteiger partial charge in [0.25, 0.3) is 0 Å². The van der Waals surface area contributed by atoms with Crippen molar-refractivity contribution in [3.05, 3.63) is 29.8 Å². The summed E-state index contributed by atoms with van der Waals surface area (Å²) in [7, 11) is 0. The number of benzene rings is 1. The predicted molar refractivity (Wildman–Crippen MR) is 78.6 cm³/mol. The van der Waals surface area contributed by atoms with Gasteiger partial charge in [0.2, 0.25) is 0 Å². The largest absolute Gasteiger partial charge is 0.185 e. The van der Waals surface area contributed by atoms with Gasteiger partial charge in [-0.1, -0.05) is 26.0 Å². The zero-order chi connectivity index (χ0) is 12.5. The molecule has 0 N–H and O–H groups in total. The van der Waals surface area contributed by atoms with E-state index in [9.17, 15) is 0 Å². The highest BCUT2D eigenvalue weighted by Gasteiger charge is 2.09. The molecule has 0 spiro atoms. The minimum Gasteiger partial charge on any atom is -0.185 e. The van der Waals surface area contributed by atoms with E-state index in [2.05, 4.69) is 43.5 Å². The van der Waals surface area contributed by atoms with Gasteiger partial charge in [-0.3, -0.25) is 0 Å². The van der Waals surface area contributed by atoms with Crippen LogP contribution in [0.4, 0.5) is 0 Å². The summed E-state index contributed by atoms with van der Waals surface area (Å²) in [5.41, 5.74) is 1.41. The molecular formula is C14H19NS2. The van der Waals surface area contributed by atoms with E-state index in [0.29, 0.717) is 5.92 Å². The molecule has 0 aliphatic rings. The van der Waals surface area contributed by atoms with Crippen LogP contribution in [0.5, 0.6) is 0 Å². The van der Waals surface area contributed by atoms with Crippen LogP contribution in [0.25, 0.3) is 0 Å². The number of nitrogens with zero attached hydrogens (tertiary/aromatic N) is 1. The van der Waals surface area contributed by atoms with Crippen molar-refractivity contribution in [2.75, 3.05) is 11.5 Å². The van der Waals surface area contributed by atoms with Gasteiger partial charge in [0, 0.05) is 10.6 Å². The Morgan fingerprint density at radius 3 is 2.47 bits per heavy atom. The first-order chi connectivity index (χ1) is 8.31. The molecular weight excluding hydrogens is 246 g/mol. The molecule has 1 nitrogen and oxygen atoms in total. The molecule has 0 heterocycles. The number of hydrogen-bond acceptors (Lipinski definition) is 3. The fourth-order valence-corrected chi connectivity index (χ4v) is 3.01. The van der Waals surface area contributed by atoms with Crippen LogP contribution in [0.2, 0.25) is 0 Å². The zero-order valence-electron chi connectivity index (χ0n) is 10.5. The van der Waals surface area contributed by atoms with Crippen LogP contribution in [-0.4, -0.2) is 11.5 Å². The number of hydrogen-bond donors (Lipinski definition) is 0. The monoisotopic (exact) mass is 265 g/mol. The maximum Gasteiger partial charge on any atom is 0.133 e. The molecule has 1 aromatic carbocycles. The third kappa shape index (κ3) is 5.06. The number of rotatable bonds is 7. The Bertz CT molecular complexity index is 353. The van der Waals surface area contributed by atoms with Gasteiger partial charge < -0.3 is 0 Å².